The van der Waals surface area contributed by atoms with Gasteiger partial charge in [-0.3, -0.25) is 0 Å². The third-order valence-corrected chi connectivity index (χ3v) is 3.28. The maximum Gasteiger partial charge on any atom is 0.453 e. The van der Waals surface area contributed by atoms with Crippen molar-refractivity contribution in [3.05, 3.63) is 28.1 Å². The Labute approximate surface area is 103 Å². The lowest BCUT2D eigenvalue weighted by Gasteiger charge is -2.00. The van der Waals surface area contributed by atoms with E-state index >= 15 is 0 Å². The molecule has 2 heterocycles. The Morgan fingerprint density at radius 3 is 2.59 bits per heavy atom. The quantitative estimate of drug-likeness (QED) is 0.756. The van der Waals surface area contributed by atoms with E-state index in [4.69, 9.17) is 0 Å². The van der Waals surface area contributed by atoms with Gasteiger partial charge in [0.15, 0.2) is 5.65 Å². The summed E-state index contributed by atoms with van der Waals surface area (Å²) in [4.78, 5) is 3.51. The van der Waals surface area contributed by atoms with Gasteiger partial charge in [0.25, 0.3) is 5.82 Å². The van der Waals surface area contributed by atoms with Crippen molar-refractivity contribution in [2.24, 2.45) is 0 Å². The molecule has 0 saturated heterocycles. The highest BCUT2D eigenvalue weighted by Gasteiger charge is 2.36. The van der Waals surface area contributed by atoms with E-state index in [1.807, 2.05) is 0 Å². The highest BCUT2D eigenvalue weighted by molar-refractivity contribution is 9.10. The third-order valence-electron chi connectivity index (χ3n) is 2.72. The van der Waals surface area contributed by atoms with Crippen molar-refractivity contribution in [2.75, 3.05) is 0 Å². The van der Waals surface area contributed by atoms with Crippen LogP contribution in [0.15, 0.2) is 16.7 Å². The molecule has 1 aliphatic carbocycles. The van der Waals surface area contributed by atoms with Gasteiger partial charge in [0, 0.05) is 0 Å². The number of rotatable bonds is 1. The molecule has 0 amide bonds. The van der Waals surface area contributed by atoms with Crippen LogP contribution in [0.3, 0.4) is 0 Å². The molecular formula is C10H7BrF3N3. The van der Waals surface area contributed by atoms with Crippen LogP contribution in [0.4, 0.5) is 13.2 Å². The molecule has 0 atom stereocenters. The van der Waals surface area contributed by atoms with Crippen molar-refractivity contribution in [3.8, 4) is 0 Å². The van der Waals surface area contributed by atoms with Crippen molar-refractivity contribution < 1.29 is 13.2 Å². The molecule has 0 unspecified atom stereocenters. The first kappa shape index (κ1) is 11.0. The topological polar surface area (TPSA) is 30.2 Å². The first-order valence-electron chi connectivity index (χ1n) is 5.08. The fraction of sp³-hybridized carbons (Fsp3) is 0.400. The second kappa shape index (κ2) is 3.44. The largest absolute Gasteiger partial charge is 0.453 e. The van der Waals surface area contributed by atoms with E-state index in [-0.39, 0.29) is 5.65 Å². The Morgan fingerprint density at radius 1 is 1.29 bits per heavy atom. The minimum absolute atomic E-state index is 0.230. The highest BCUT2D eigenvalue weighted by atomic mass is 79.9. The van der Waals surface area contributed by atoms with E-state index in [1.165, 1.54) is 0 Å². The number of hydrogen-bond acceptors (Lipinski definition) is 2. The fourth-order valence-electron chi connectivity index (χ4n) is 1.74. The summed E-state index contributed by atoms with van der Waals surface area (Å²) < 4.78 is 39.1. The van der Waals surface area contributed by atoms with E-state index in [0.29, 0.717) is 10.5 Å². The standard InChI is InChI=1S/C10H7BrF3N3/c11-7-3-6(5-1-2-5)4-8-15-9(10(12,13)14)16-17(7)8/h3-5H,1-2H2. The first-order valence-corrected chi connectivity index (χ1v) is 5.88. The molecule has 0 aliphatic heterocycles. The van der Waals surface area contributed by atoms with Gasteiger partial charge in [0.05, 0.1) is 0 Å². The number of alkyl halides is 3. The normalized spacial score (nSPS) is 16.7. The molecule has 1 saturated carbocycles. The van der Waals surface area contributed by atoms with E-state index in [0.717, 1.165) is 22.9 Å². The van der Waals surface area contributed by atoms with Crippen LogP contribution < -0.4 is 0 Å². The lowest BCUT2D eigenvalue weighted by molar-refractivity contribution is -0.144. The van der Waals surface area contributed by atoms with E-state index in [1.54, 1.807) is 12.1 Å². The van der Waals surface area contributed by atoms with Gasteiger partial charge in [-0.1, -0.05) is 0 Å². The summed E-state index contributed by atoms with van der Waals surface area (Å²) in [5.74, 6) is -0.645. The van der Waals surface area contributed by atoms with Crippen LogP contribution in [-0.4, -0.2) is 14.6 Å². The molecule has 2 aromatic rings. The average Bonchev–Trinajstić information content (AvgIpc) is 2.96. The van der Waals surface area contributed by atoms with Gasteiger partial charge < -0.3 is 0 Å². The van der Waals surface area contributed by atoms with Crippen LogP contribution in [0, 0.1) is 0 Å². The van der Waals surface area contributed by atoms with Gasteiger partial charge in [-0.25, -0.2) is 9.50 Å². The first-order chi connectivity index (χ1) is 7.95. The fourth-order valence-corrected chi connectivity index (χ4v) is 2.26. The molecule has 0 radical (unpaired) electrons. The molecular weight excluding hydrogens is 299 g/mol. The molecule has 0 bridgehead atoms. The van der Waals surface area contributed by atoms with Gasteiger partial charge in [0.2, 0.25) is 0 Å². The van der Waals surface area contributed by atoms with Crippen molar-refractivity contribution in [2.45, 2.75) is 24.9 Å². The predicted molar refractivity (Wildman–Crippen MR) is 57.7 cm³/mol. The van der Waals surface area contributed by atoms with Crippen LogP contribution in [0.1, 0.15) is 30.1 Å². The monoisotopic (exact) mass is 305 g/mol. The zero-order valence-corrected chi connectivity index (χ0v) is 10.1. The lowest BCUT2D eigenvalue weighted by atomic mass is 10.2. The SMILES string of the molecule is FC(F)(F)c1nc2cc(C3CC3)cc(Br)n2n1. The van der Waals surface area contributed by atoms with Crippen molar-refractivity contribution in [1.29, 1.82) is 0 Å². The van der Waals surface area contributed by atoms with Crippen LogP contribution in [0.2, 0.25) is 0 Å². The maximum atomic E-state index is 12.5. The second-order valence-electron chi connectivity index (χ2n) is 4.09. The molecule has 0 aromatic carbocycles. The number of hydrogen-bond donors (Lipinski definition) is 0. The molecule has 90 valence electrons. The molecule has 3 nitrogen and oxygen atoms in total. The van der Waals surface area contributed by atoms with E-state index in [9.17, 15) is 13.2 Å². The lowest BCUT2D eigenvalue weighted by Crippen LogP contribution is -2.07. The van der Waals surface area contributed by atoms with Gasteiger partial charge in [0.1, 0.15) is 4.60 Å². The highest BCUT2D eigenvalue weighted by Crippen LogP contribution is 2.41. The van der Waals surface area contributed by atoms with Crippen molar-refractivity contribution in [1.82, 2.24) is 14.6 Å². The Bertz CT molecular complexity index is 586. The van der Waals surface area contributed by atoms with Gasteiger partial charge in [-0.15, -0.1) is 5.10 Å². The summed E-state index contributed by atoms with van der Waals surface area (Å²) in [6.45, 7) is 0. The molecule has 0 spiro atoms. The Hall–Kier alpha value is -1.11. The smallest absolute Gasteiger partial charge is 0.206 e. The van der Waals surface area contributed by atoms with Crippen molar-refractivity contribution >= 4 is 21.6 Å². The number of halogens is 4. The second-order valence-corrected chi connectivity index (χ2v) is 4.90. The van der Waals surface area contributed by atoms with Crippen LogP contribution in [-0.2, 0) is 6.18 Å². The minimum Gasteiger partial charge on any atom is -0.206 e. The summed E-state index contributed by atoms with van der Waals surface area (Å²) in [6, 6.07) is 3.48. The summed E-state index contributed by atoms with van der Waals surface area (Å²) in [5, 5.41) is 3.44. The van der Waals surface area contributed by atoms with Gasteiger partial charge in [-0.2, -0.15) is 13.2 Å². The Balaban J connectivity index is 2.17. The number of fused-ring (bicyclic) bond motifs is 1. The molecule has 1 aliphatic rings. The molecule has 1 fully saturated rings. The molecule has 7 heteroatoms. The summed E-state index contributed by atoms with van der Waals surface area (Å²) in [7, 11) is 0. The third kappa shape index (κ3) is 1.92. The number of aromatic nitrogens is 3. The van der Waals surface area contributed by atoms with E-state index in [2.05, 4.69) is 26.0 Å². The Morgan fingerprint density at radius 2 is 2.00 bits per heavy atom. The molecule has 3 rings (SSSR count). The minimum atomic E-state index is -4.51. The van der Waals surface area contributed by atoms with E-state index < -0.39 is 12.0 Å². The van der Waals surface area contributed by atoms with Crippen LogP contribution in [0.5, 0.6) is 0 Å². The molecule has 2 aromatic heterocycles. The molecule has 0 N–H and O–H groups in total. The van der Waals surface area contributed by atoms with Crippen LogP contribution >= 0.6 is 15.9 Å². The summed E-state index contributed by atoms with van der Waals surface area (Å²) in [6.07, 6.45) is -2.34. The number of nitrogens with zero attached hydrogens (tertiary/aromatic N) is 3. The zero-order chi connectivity index (χ0) is 12.2. The van der Waals surface area contributed by atoms with Crippen molar-refractivity contribution in [3.63, 3.8) is 0 Å². The summed E-state index contributed by atoms with van der Waals surface area (Å²) in [5.41, 5.74) is 1.25. The van der Waals surface area contributed by atoms with Gasteiger partial charge >= 0.3 is 6.18 Å². The average molecular weight is 306 g/mol. The van der Waals surface area contributed by atoms with Crippen LogP contribution in [0.25, 0.3) is 5.65 Å². The van der Waals surface area contributed by atoms with Gasteiger partial charge in [-0.05, 0) is 52.4 Å². The Kier molecular flexibility index (Phi) is 2.23. The number of pyridine rings is 1. The maximum absolute atomic E-state index is 12.5. The molecule has 17 heavy (non-hydrogen) atoms. The predicted octanol–water partition coefficient (Wildman–Crippen LogP) is 3.39. The summed E-state index contributed by atoms with van der Waals surface area (Å²) >= 11 is 3.22. The zero-order valence-electron chi connectivity index (χ0n) is 8.50.